The SMILES string of the molecule is Cc1ccc(S(=O)(=O)N(CC(=O)NCCC(C)C)Cc2ccccc2Cl)cc1. The summed E-state index contributed by atoms with van der Waals surface area (Å²) in [5, 5.41) is 3.26. The van der Waals surface area contributed by atoms with E-state index < -0.39 is 10.0 Å². The van der Waals surface area contributed by atoms with Gasteiger partial charge >= 0.3 is 0 Å². The monoisotopic (exact) mass is 422 g/mol. The third kappa shape index (κ3) is 6.33. The summed E-state index contributed by atoms with van der Waals surface area (Å²) in [6.07, 6.45) is 0.834. The van der Waals surface area contributed by atoms with E-state index in [9.17, 15) is 13.2 Å². The molecule has 0 saturated heterocycles. The second-order valence-electron chi connectivity index (χ2n) is 7.21. The topological polar surface area (TPSA) is 66.5 Å². The van der Waals surface area contributed by atoms with Gasteiger partial charge in [-0.05, 0) is 43.0 Å². The Bertz CT molecular complexity index is 896. The number of benzene rings is 2. The first-order chi connectivity index (χ1) is 13.2. The van der Waals surface area contributed by atoms with E-state index in [-0.39, 0.29) is 23.9 Å². The molecule has 1 N–H and O–H groups in total. The second kappa shape index (κ2) is 10.0. The number of halogens is 1. The third-order valence-electron chi connectivity index (χ3n) is 4.33. The van der Waals surface area contributed by atoms with Gasteiger partial charge in [-0.3, -0.25) is 4.79 Å². The summed E-state index contributed by atoms with van der Waals surface area (Å²) in [4.78, 5) is 12.5. The first kappa shape index (κ1) is 22.4. The average Bonchev–Trinajstić information content (AvgIpc) is 2.63. The van der Waals surface area contributed by atoms with E-state index in [1.54, 1.807) is 48.5 Å². The molecule has 0 aliphatic rings. The number of nitrogens with zero attached hydrogens (tertiary/aromatic N) is 1. The molecule has 2 aromatic rings. The lowest BCUT2D eigenvalue weighted by Crippen LogP contribution is -2.40. The normalized spacial score (nSPS) is 11.8. The molecule has 1 amide bonds. The summed E-state index contributed by atoms with van der Waals surface area (Å²) in [5.41, 5.74) is 1.61. The van der Waals surface area contributed by atoms with Gasteiger partial charge in [0.15, 0.2) is 0 Å². The van der Waals surface area contributed by atoms with Crippen LogP contribution in [0.25, 0.3) is 0 Å². The van der Waals surface area contributed by atoms with Crippen molar-refractivity contribution in [3.63, 3.8) is 0 Å². The summed E-state index contributed by atoms with van der Waals surface area (Å²) >= 11 is 6.22. The molecule has 0 heterocycles. The number of sulfonamides is 1. The van der Waals surface area contributed by atoms with Crippen LogP contribution in [0.5, 0.6) is 0 Å². The maximum absolute atomic E-state index is 13.2. The second-order valence-corrected chi connectivity index (χ2v) is 9.56. The number of nitrogens with one attached hydrogen (secondary N) is 1. The molecule has 0 aliphatic carbocycles. The van der Waals surface area contributed by atoms with Crippen LogP contribution in [0.1, 0.15) is 31.4 Å². The van der Waals surface area contributed by atoms with Gasteiger partial charge in [-0.15, -0.1) is 0 Å². The molecule has 2 aromatic carbocycles. The number of aryl methyl sites for hydroxylation is 1. The van der Waals surface area contributed by atoms with Crippen molar-refractivity contribution in [1.82, 2.24) is 9.62 Å². The maximum atomic E-state index is 13.2. The molecular formula is C21H27ClN2O3S. The van der Waals surface area contributed by atoms with Crippen LogP contribution in [-0.4, -0.2) is 31.7 Å². The highest BCUT2D eigenvalue weighted by atomic mass is 35.5. The molecule has 0 aromatic heterocycles. The van der Waals surface area contributed by atoms with E-state index in [0.717, 1.165) is 12.0 Å². The van der Waals surface area contributed by atoms with Crippen LogP contribution >= 0.6 is 11.6 Å². The lowest BCUT2D eigenvalue weighted by Gasteiger charge is -2.22. The molecule has 0 aliphatic heterocycles. The minimum atomic E-state index is -3.86. The maximum Gasteiger partial charge on any atom is 0.243 e. The summed E-state index contributed by atoms with van der Waals surface area (Å²) in [6.45, 7) is 6.30. The van der Waals surface area contributed by atoms with Gasteiger partial charge < -0.3 is 5.32 Å². The van der Waals surface area contributed by atoms with Crippen molar-refractivity contribution in [3.05, 3.63) is 64.7 Å². The first-order valence-corrected chi connectivity index (χ1v) is 11.1. The molecule has 0 radical (unpaired) electrons. The van der Waals surface area contributed by atoms with Gasteiger partial charge in [-0.2, -0.15) is 4.31 Å². The molecule has 28 heavy (non-hydrogen) atoms. The van der Waals surface area contributed by atoms with Gasteiger partial charge in [0.25, 0.3) is 0 Å². The highest BCUT2D eigenvalue weighted by Gasteiger charge is 2.27. The number of hydrogen-bond donors (Lipinski definition) is 1. The van der Waals surface area contributed by atoms with Gasteiger partial charge in [-0.1, -0.05) is 61.3 Å². The predicted octanol–water partition coefficient (Wildman–Crippen LogP) is 4.00. The lowest BCUT2D eigenvalue weighted by atomic mass is 10.1. The van der Waals surface area contributed by atoms with Crippen molar-refractivity contribution in [2.45, 2.75) is 38.6 Å². The van der Waals surface area contributed by atoms with Crippen LogP contribution in [0.4, 0.5) is 0 Å². The fourth-order valence-electron chi connectivity index (χ4n) is 2.62. The Morgan fingerprint density at radius 3 is 2.36 bits per heavy atom. The summed E-state index contributed by atoms with van der Waals surface area (Å²) in [7, 11) is -3.86. The highest BCUT2D eigenvalue weighted by Crippen LogP contribution is 2.22. The average molecular weight is 423 g/mol. The number of amides is 1. The Kier molecular flexibility index (Phi) is 8.04. The molecule has 0 unspecified atom stereocenters. The predicted molar refractivity (Wildman–Crippen MR) is 113 cm³/mol. The van der Waals surface area contributed by atoms with Gasteiger partial charge in [0.05, 0.1) is 11.4 Å². The van der Waals surface area contributed by atoms with Gasteiger partial charge in [-0.25, -0.2) is 8.42 Å². The van der Waals surface area contributed by atoms with E-state index in [2.05, 4.69) is 19.2 Å². The molecule has 2 rings (SSSR count). The molecular weight excluding hydrogens is 396 g/mol. The molecule has 7 heteroatoms. The first-order valence-electron chi connectivity index (χ1n) is 9.27. The molecule has 0 bridgehead atoms. The minimum Gasteiger partial charge on any atom is -0.355 e. The largest absolute Gasteiger partial charge is 0.355 e. The molecule has 0 fully saturated rings. The summed E-state index contributed by atoms with van der Waals surface area (Å²) < 4.78 is 27.5. The smallest absolute Gasteiger partial charge is 0.243 e. The number of carbonyl (C=O) groups excluding carboxylic acids is 1. The highest BCUT2D eigenvalue weighted by molar-refractivity contribution is 7.89. The quantitative estimate of drug-likeness (QED) is 0.664. The van der Waals surface area contributed by atoms with Gasteiger partial charge in [0.2, 0.25) is 15.9 Å². The van der Waals surface area contributed by atoms with Crippen LogP contribution in [0.15, 0.2) is 53.4 Å². The van der Waals surface area contributed by atoms with E-state index in [4.69, 9.17) is 11.6 Å². The van der Waals surface area contributed by atoms with Crippen LogP contribution in [0.3, 0.4) is 0 Å². The number of rotatable bonds is 9. The summed E-state index contributed by atoms with van der Waals surface area (Å²) in [5.74, 6) is 0.124. The van der Waals surface area contributed by atoms with Crippen LogP contribution in [0, 0.1) is 12.8 Å². The molecule has 152 valence electrons. The fraction of sp³-hybridized carbons (Fsp3) is 0.381. The standard InChI is InChI=1S/C21H27ClN2O3S/c1-16(2)12-13-23-21(25)15-24(14-18-6-4-5-7-20(18)22)28(26,27)19-10-8-17(3)9-11-19/h4-11,16H,12-15H2,1-3H3,(H,23,25). The zero-order valence-corrected chi connectivity index (χ0v) is 18.1. The van der Waals surface area contributed by atoms with Crippen molar-refractivity contribution in [2.75, 3.05) is 13.1 Å². The van der Waals surface area contributed by atoms with Gasteiger partial charge in [0, 0.05) is 18.1 Å². The third-order valence-corrected chi connectivity index (χ3v) is 6.50. The van der Waals surface area contributed by atoms with Crippen molar-refractivity contribution < 1.29 is 13.2 Å². The van der Waals surface area contributed by atoms with Crippen molar-refractivity contribution in [3.8, 4) is 0 Å². The van der Waals surface area contributed by atoms with Crippen LogP contribution < -0.4 is 5.32 Å². The van der Waals surface area contributed by atoms with E-state index in [0.29, 0.717) is 23.0 Å². The molecule has 0 spiro atoms. The fourth-order valence-corrected chi connectivity index (χ4v) is 4.19. The zero-order valence-electron chi connectivity index (χ0n) is 16.5. The lowest BCUT2D eigenvalue weighted by molar-refractivity contribution is -0.121. The number of hydrogen-bond acceptors (Lipinski definition) is 3. The van der Waals surface area contributed by atoms with Crippen LogP contribution in [0.2, 0.25) is 5.02 Å². The van der Waals surface area contributed by atoms with E-state index in [1.165, 1.54) is 4.31 Å². The summed E-state index contributed by atoms with van der Waals surface area (Å²) in [6, 6.07) is 13.6. The van der Waals surface area contributed by atoms with E-state index >= 15 is 0 Å². The Morgan fingerprint density at radius 1 is 1.11 bits per heavy atom. The van der Waals surface area contributed by atoms with Crippen molar-refractivity contribution in [2.24, 2.45) is 5.92 Å². The van der Waals surface area contributed by atoms with Crippen molar-refractivity contribution in [1.29, 1.82) is 0 Å². The van der Waals surface area contributed by atoms with E-state index in [1.807, 2.05) is 6.92 Å². The van der Waals surface area contributed by atoms with Crippen molar-refractivity contribution >= 4 is 27.5 Å². The van der Waals surface area contributed by atoms with Crippen LogP contribution in [-0.2, 0) is 21.4 Å². The minimum absolute atomic E-state index is 0.0213. The molecule has 5 nitrogen and oxygen atoms in total. The Morgan fingerprint density at radius 2 is 1.75 bits per heavy atom. The Hall–Kier alpha value is -1.89. The Balaban J connectivity index is 2.26. The number of carbonyl (C=O) groups is 1. The zero-order chi connectivity index (χ0) is 20.7. The molecule has 0 atom stereocenters. The molecule has 0 saturated carbocycles. The van der Waals surface area contributed by atoms with Gasteiger partial charge in [0.1, 0.15) is 0 Å². The Labute approximate surface area is 172 Å².